The summed E-state index contributed by atoms with van der Waals surface area (Å²) in [5, 5.41) is 11.6. The molecule has 1 saturated carbocycles. The first-order chi connectivity index (χ1) is 12.2. The second-order valence-corrected chi connectivity index (χ2v) is 7.01. The Morgan fingerprint density at radius 2 is 2.12 bits per heavy atom. The molecule has 132 valence electrons. The van der Waals surface area contributed by atoms with Gasteiger partial charge >= 0.3 is 0 Å². The van der Waals surface area contributed by atoms with Gasteiger partial charge in [-0.05, 0) is 36.8 Å². The van der Waals surface area contributed by atoms with Crippen molar-refractivity contribution < 1.29 is 9.53 Å². The largest absolute Gasteiger partial charge is 0.493 e. The highest BCUT2D eigenvalue weighted by atomic mass is 16.5. The average molecular weight is 340 g/mol. The number of benzene rings is 1. The molecule has 25 heavy (non-hydrogen) atoms. The molecule has 1 N–H and O–H groups in total. The minimum atomic E-state index is 0.0508. The predicted octanol–water partition coefficient (Wildman–Crippen LogP) is 2.66. The van der Waals surface area contributed by atoms with Crippen molar-refractivity contribution in [2.75, 3.05) is 6.61 Å². The van der Waals surface area contributed by atoms with Gasteiger partial charge in [-0.25, -0.2) is 0 Å². The highest BCUT2D eigenvalue weighted by molar-refractivity contribution is 5.77. The highest BCUT2D eigenvalue weighted by Gasteiger charge is 2.26. The third-order valence-electron chi connectivity index (χ3n) is 5.43. The Labute approximate surface area is 147 Å². The monoisotopic (exact) mass is 340 g/mol. The number of aromatic nitrogens is 3. The van der Waals surface area contributed by atoms with Gasteiger partial charge < -0.3 is 14.6 Å². The Morgan fingerprint density at radius 1 is 1.28 bits per heavy atom. The van der Waals surface area contributed by atoms with Gasteiger partial charge in [0, 0.05) is 19.4 Å². The topological polar surface area (TPSA) is 69.0 Å². The summed E-state index contributed by atoms with van der Waals surface area (Å²) in [4.78, 5) is 12.4. The number of carbonyl (C=O) groups is 1. The maximum atomic E-state index is 12.4. The fraction of sp³-hybridized carbons (Fsp3) is 0.526. The van der Waals surface area contributed by atoms with Crippen LogP contribution in [0.5, 0.6) is 5.75 Å². The fourth-order valence-electron chi connectivity index (χ4n) is 3.65. The van der Waals surface area contributed by atoms with Crippen molar-refractivity contribution in [1.29, 1.82) is 0 Å². The first-order valence-electron chi connectivity index (χ1n) is 9.09. The van der Waals surface area contributed by atoms with Crippen LogP contribution in [-0.4, -0.2) is 27.3 Å². The number of carbonyl (C=O) groups excluding carboxylic acids is 1. The Bertz CT molecular complexity index is 767. The van der Waals surface area contributed by atoms with Crippen LogP contribution in [0.25, 0.3) is 0 Å². The number of hydrogen-bond acceptors (Lipinski definition) is 4. The molecule has 2 heterocycles. The maximum absolute atomic E-state index is 12.4. The number of para-hydroxylation sites is 1. The Kier molecular flexibility index (Phi) is 4.42. The van der Waals surface area contributed by atoms with Crippen LogP contribution in [0.2, 0.25) is 0 Å². The summed E-state index contributed by atoms with van der Waals surface area (Å²) in [6, 6.07) is 8.00. The average Bonchev–Trinajstić information content (AvgIpc) is 2.93. The lowest BCUT2D eigenvalue weighted by Crippen LogP contribution is -2.27. The molecule has 2 aromatic rings. The van der Waals surface area contributed by atoms with Crippen molar-refractivity contribution in [1.82, 2.24) is 20.1 Å². The first-order valence-corrected chi connectivity index (χ1v) is 9.09. The van der Waals surface area contributed by atoms with E-state index in [1.54, 1.807) is 0 Å². The van der Waals surface area contributed by atoms with Gasteiger partial charge in [-0.1, -0.05) is 24.6 Å². The molecule has 1 aliphatic heterocycles. The minimum absolute atomic E-state index is 0.0508. The summed E-state index contributed by atoms with van der Waals surface area (Å²) in [6.07, 6.45) is 5.02. The first kappa shape index (κ1) is 16.1. The summed E-state index contributed by atoms with van der Waals surface area (Å²) in [5.74, 6) is 3.59. The molecule has 4 rings (SSSR count). The second kappa shape index (κ2) is 6.86. The van der Waals surface area contributed by atoms with Gasteiger partial charge in [0.25, 0.3) is 0 Å². The minimum Gasteiger partial charge on any atom is -0.493 e. The summed E-state index contributed by atoms with van der Waals surface area (Å²) < 4.78 is 7.70. The van der Waals surface area contributed by atoms with Crippen molar-refractivity contribution in [3.05, 3.63) is 41.5 Å². The zero-order chi connectivity index (χ0) is 17.2. The predicted molar refractivity (Wildman–Crippen MR) is 93.4 cm³/mol. The molecule has 0 bridgehead atoms. The molecule has 1 aliphatic carbocycles. The normalized spacial score (nSPS) is 19.6. The molecular weight excluding hydrogens is 316 g/mol. The van der Waals surface area contributed by atoms with Crippen LogP contribution in [0, 0.1) is 0 Å². The number of fused-ring (bicyclic) bond motifs is 1. The molecule has 1 aromatic heterocycles. The molecule has 6 nitrogen and oxygen atoms in total. The molecule has 1 amide bonds. The third-order valence-corrected chi connectivity index (χ3v) is 5.43. The van der Waals surface area contributed by atoms with Gasteiger partial charge in [0.2, 0.25) is 5.91 Å². The Hall–Kier alpha value is -2.37. The van der Waals surface area contributed by atoms with Crippen LogP contribution in [-0.2, 0) is 18.4 Å². The molecule has 1 fully saturated rings. The van der Waals surface area contributed by atoms with Crippen molar-refractivity contribution in [3.63, 3.8) is 0 Å². The van der Waals surface area contributed by atoms with Crippen molar-refractivity contribution in [2.45, 2.75) is 50.5 Å². The van der Waals surface area contributed by atoms with Gasteiger partial charge in [-0.2, -0.15) is 0 Å². The van der Waals surface area contributed by atoms with Crippen LogP contribution in [0.4, 0.5) is 0 Å². The lowest BCUT2D eigenvalue weighted by molar-refractivity contribution is -0.121. The van der Waals surface area contributed by atoms with E-state index in [1.807, 2.05) is 29.8 Å². The van der Waals surface area contributed by atoms with Gasteiger partial charge in [0.1, 0.15) is 11.6 Å². The summed E-state index contributed by atoms with van der Waals surface area (Å²) in [6.45, 7) is 1.10. The molecule has 0 radical (unpaired) electrons. The van der Waals surface area contributed by atoms with E-state index in [0.29, 0.717) is 25.5 Å². The number of nitrogens with zero attached hydrogens (tertiary/aromatic N) is 3. The van der Waals surface area contributed by atoms with E-state index in [9.17, 15) is 4.79 Å². The van der Waals surface area contributed by atoms with E-state index in [1.165, 1.54) is 19.3 Å². The lowest BCUT2D eigenvalue weighted by Gasteiger charge is -2.25. The molecular formula is C19H24N4O2. The van der Waals surface area contributed by atoms with Crippen LogP contribution < -0.4 is 10.1 Å². The molecule has 0 spiro atoms. The number of ether oxygens (including phenoxy) is 1. The van der Waals surface area contributed by atoms with Gasteiger partial charge in [-0.3, -0.25) is 4.79 Å². The van der Waals surface area contributed by atoms with Crippen LogP contribution in [0.3, 0.4) is 0 Å². The summed E-state index contributed by atoms with van der Waals surface area (Å²) >= 11 is 0. The van der Waals surface area contributed by atoms with E-state index >= 15 is 0 Å². The third kappa shape index (κ3) is 3.25. The molecule has 2 aliphatic rings. The van der Waals surface area contributed by atoms with E-state index in [-0.39, 0.29) is 11.8 Å². The van der Waals surface area contributed by atoms with Gasteiger partial charge in [0.15, 0.2) is 5.82 Å². The van der Waals surface area contributed by atoms with Crippen molar-refractivity contribution >= 4 is 5.91 Å². The fourth-order valence-corrected chi connectivity index (χ4v) is 3.65. The van der Waals surface area contributed by atoms with Crippen molar-refractivity contribution in [2.24, 2.45) is 7.05 Å². The smallest absolute Gasteiger partial charge is 0.220 e. The van der Waals surface area contributed by atoms with E-state index < -0.39 is 0 Å². The van der Waals surface area contributed by atoms with Crippen LogP contribution in [0.15, 0.2) is 24.3 Å². The SMILES string of the molecule is Cn1c(CNC(=O)CC2CCOc3ccccc32)nnc1C1CCC1. The number of amides is 1. The van der Waals surface area contributed by atoms with Crippen LogP contribution >= 0.6 is 0 Å². The number of nitrogens with one attached hydrogen (secondary N) is 1. The molecule has 1 unspecified atom stereocenters. The van der Waals surface area contributed by atoms with Gasteiger partial charge in [-0.15, -0.1) is 10.2 Å². The molecule has 1 aromatic carbocycles. The Balaban J connectivity index is 1.35. The number of hydrogen-bond donors (Lipinski definition) is 1. The van der Waals surface area contributed by atoms with Crippen LogP contribution in [0.1, 0.15) is 61.2 Å². The molecule has 0 saturated heterocycles. The van der Waals surface area contributed by atoms with Gasteiger partial charge in [0.05, 0.1) is 13.2 Å². The second-order valence-electron chi connectivity index (χ2n) is 7.01. The van der Waals surface area contributed by atoms with Crippen molar-refractivity contribution in [3.8, 4) is 5.75 Å². The number of rotatable bonds is 5. The lowest BCUT2D eigenvalue weighted by atomic mass is 9.85. The van der Waals surface area contributed by atoms with E-state index in [2.05, 4.69) is 21.6 Å². The Morgan fingerprint density at radius 3 is 2.92 bits per heavy atom. The standard InChI is InChI=1S/C19H24N4O2/c1-23-17(21-22-19(23)13-5-4-6-13)12-20-18(24)11-14-9-10-25-16-8-3-2-7-15(14)16/h2-3,7-8,13-14H,4-6,9-12H2,1H3,(H,20,24). The zero-order valence-corrected chi connectivity index (χ0v) is 14.6. The zero-order valence-electron chi connectivity index (χ0n) is 14.6. The highest BCUT2D eigenvalue weighted by Crippen LogP contribution is 2.36. The van der Waals surface area contributed by atoms with E-state index in [4.69, 9.17) is 4.74 Å². The summed E-state index contributed by atoms with van der Waals surface area (Å²) in [7, 11) is 1.99. The molecule has 1 atom stereocenters. The molecule has 6 heteroatoms. The quantitative estimate of drug-likeness (QED) is 0.908. The summed E-state index contributed by atoms with van der Waals surface area (Å²) in [5.41, 5.74) is 1.13. The van der Waals surface area contributed by atoms with E-state index in [0.717, 1.165) is 29.4 Å². The maximum Gasteiger partial charge on any atom is 0.220 e.